The lowest BCUT2D eigenvalue weighted by Crippen LogP contribution is -2.30. The first-order chi connectivity index (χ1) is 16.2. The van der Waals surface area contributed by atoms with Gasteiger partial charge in [0.15, 0.2) is 15.0 Å². The predicted octanol–water partition coefficient (Wildman–Crippen LogP) is 6.01. The van der Waals surface area contributed by atoms with Crippen LogP contribution in [-0.2, 0) is 21.2 Å². The highest BCUT2D eigenvalue weighted by Crippen LogP contribution is 2.33. The molecule has 0 saturated carbocycles. The van der Waals surface area contributed by atoms with Gasteiger partial charge >= 0.3 is 0 Å². The number of rotatable bonds is 8. The Morgan fingerprint density at radius 3 is 2.35 bits per heavy atom. The number of carbonyl (C=O) groups is 1. The SMILES string of the molecule is Cc1ccc(S(=O)(=O)CCCC(=O)N(Cc2ccccc2)c2nc3cc(C)cc(C)c3s2)cc1. The zero-order valence-corrected chi connectivity index (χ0v) is 21.2. The van der Waals surface area contributed by atoms with Crippen molar-refractivity contribution in [3.63, 3.8) is 0 Å². The Morgan fingerprint density at radius 2 is 1.65 bits per heavy atom. The van der Waals surface area contributed by atoms with E-state index in [1.807, 2.05) is 50.2 Å². The van der Waals surface area contributed by atoms with E-state index in [0.29, 0.717) is 16.6 Å². The number of anilines is 1. The molecule has 1 heterocycles. The molecule has 1 aromatic heterocycles. The summed E-state index contributed by atoms with van der Waals surface area (Å²) in [6, 6.07) is 20.7. The van der Waals surface area contributed by atoms with Crippen LogP contribution in [0.5, 0.6) is 0 Å². The van der Waals surface area contributed by atoms with E-state index < -0.39 is 9.84 Å². The summed E-state index contributed by atoms with van der Waals surface area (Å²) >= 11 is 1.50. The molecule has 176 valence electrons. The first kappa shape index (κ1) is 24.1. The molecule has 0 saturated heterocycles. The number of nitrogens with zero attached hydrogens (tertiary/aromatic N) is 2. The van der Waals surface area contributed by atoms with E-state index in [1.54, 1.807) is 29.2 Å². The van der Waals surface area contributed by atoms with E-state index in [1.165, 1.54) is 11.3 Å². The molecule has 0 unspecified atom stereocenters. The van der Waals surface area contributed by atoms with Gasteiger partial charge in [0, 0.05) is 6.42 Å². The van der Waals surface area contributed by atoms with Crippen LogP contribution in [-0.4, -0.2) is 25.1 Å². The zero-order valence-electron chi connectivity index (χ0n) is 19.6. The molecule has 5 nitrogen and oxygen atoms in total. The molecule has 0 bridgehead atoms. The third-order valence-electron chi connectivity index (χ3n) is 5.71. The topological polar surface area (TPSA) is 67.3 Å². The molecular formula is C27H28N2O3S2. The number of benzene rings is 3. The fourth-order valence-electron chi connectivity index (χ4n) is 3.92. The van der Waals surface area contributed by atoms with Crippen LogP contribution >= 0.6 is 11.3 Å². The second-order valence-corrected chi connectivity index (χ2v) is 11.7. The van der Waals surface area contributed by atoms with E-state index in [2.05, 4.69) is 13.0 Å². The van der Waals surface area contributed by atoms with E-state index in [4.69, 9.17) is 4.98 Å². The third kappa shape index (κ3) is 5.54. The smallest absolute Gasteiger partial charge is 0.229 e. The first-order valence-electron chi connectivity index (χ1n) is 11.2. The Balaban J connectivity index is 1.55. The maximum atomic E-state index is 13.3. The number of amides is 1. The van der Waals surface area contributed by atoms with Crippen LogP contribution in [0.15, 0.2) is 71.6 Å². The van der Waals surface area contributed by atoms with Crippen molar-refractivity contribution in [3.05, 3.63) is 89.0 Å². The van der Waals surface area contributed by atoms with Gasteiger partial charge in [-0.2, -0.15) is 0 Å². The molecule has 0 spiro atoms. The summed E-state index contributed by atoms with van der Waals surface area (Å²) < 4.78 is 26.5. The summed E-state index contributed by atoms with van der Waals surface area (Å²) in [5.41, 5.74) is 5.15. The van der Waals surface area contributed by atoms with Gasteiger partial charge in [-0.15, -0.1) is 0 Å². The average Bonchev–Trinajstić information content (AvgIpc) is 3.22. The summed E-state index contributed by atoms with van der Waals surface area (Å²) in [6.45, 7) is 6.40. The highest BCUT2D eigenvalue weighted by atomic mass is 32.2. The molecule has 0 fully saturated rings. The second kappa shape index (κ2) is 10.1. The van der Waals surface area contributed by atoms with Crippen LogP contribution in [0.3, 0.4) is 0 Å². The van der Waals surface area contributed by atoms with Gasteiger partial charge in [0.1, 0.15) is 0 Å². The van der Waals surface area contributed by atoms with Crippen molar-refractivity contribution in [2.45, 2.75) is 45.1 Å². The van der Waals surface area contributed by atoms with Gasteiger partial charge in [0.2, 0.25) is 5.91 Å². The Bertz CT molecular complexity index is 1410. The van der Waals surface area contributed by atoms with Crippen molar-refractivity contribution in [2.75, 3.05) is 10.7 Å². The minimum absolute atomic E-state index is 0.0703. The number of aromatic nitrogens is 1. The average molecular weight is 493 g/mol. The monoisotopic (exact) mass is 492 g/mol. The van der Waals surface area contributed by atoms with Gasteiger partial charge in [-0.3, -0.25) is 9.69 Å². The maximum absolute atomic E-state index is 13.3. The molecule has 0 aliphatic heterocycles. The number of fused-ring (bicyclic) bond motifs is 1. The van der Waals surface area contributed by atoms with Crippen molar-refractivity contribution in [1.29, 1.82) is 0 Å². The quantitative estimate of drug-likeness (QED) is 0.302. The van der Waals surface area contributed by atoms with Crippen molar-refractivity contribution in [3.8, 4) is 0 Å². The standard InChI is InChI=1S/C27H28N2O3S2/c1-19-11-13-23(14-12-19)34(31,32)15-7-10-25(30)29(18-22-8-5-4-6-9-22)27-28-24-17-20(2)16-21(3)26(24)33-27/h4-6,8-9,11-14,16-17H,7,10,15,18H2,1-3H3. The van der Waals surface area contributed by atoms with Crippen LogP contribution in [0.2, 0.25) is 0 Å². The van der Waals surface area contributed by atoms with E-state index in [-0.39, 0.29) is 24.5 Å². The molecule has 4 aromatic rings. The van der Waals surface area contributed by atoms with Gasteiger partial charge in [-0.1, -0.05) is 65.4 Å². The first-order valence-corrected chi connectivity index (χ1v) is 13.7. The van der Waals surface area contributed by atoms with E-state index in [0.717, 1.165) is 32.5 Å². The van der Waals surface area contributed by atoms with E-state index >= 15 is 0 Å². The van der Waals surface area contributed by atoms with E-state index in [9.17, 15) is 13.2 Å². The van der Waals surface area contributed by atoms with Crippen molar-refractivity contribution in [1.82, 2.24) is 4.98 Å². The predicted molar refractivity (Wildman–Crippen MR) is 139 cm³/mol. The van der Waals surface area contributed by atoms with Crippen LogP contribution in [0.1, 0.15) is 35.1 Å². The molecule has 0 N–H and O–H groups in total. The molecule has 0 aliphatic rings. The molecule has 34 heavy (non-hydrogen) atoms. The van der Waals surface area contributed by atoms with Crippen LogP contribution in [0, 0.1) is 20.8 Å². The minimum atomic E-state index is -3.44. The zero-order chi connectivity index (χ0) is 24.3. The van der Waals surface area contributed by atoms with Crippen LogP contribution in [0.4, 0.5) is 5.13 Å². The summed E-state index contributed by atoms with van der Waals surface area (Å²) in [5.74, 6) is -0.199. The lowest BCUT2D eigenvalue weighted by atomic mass is 10.1. The van der Waals surface area contributed by atoms with Gasteiger partial charge < -0.3 is 0 Å². The molecule has 1 amide bonds. The maximum Gasteiger partial charge on any atom is 0.229 e. The summed E-state index contributed by atoms with van der Waals surface area (Å²) in [4.78, 5) is 20.1. The molecule has 3 aromatic carbocycles. The Labute approximate surface area is 205 Å². The molecule has 7 heteroatoms. The highest BCUT2D eigenvalue weighted by molar-refractivity contribution is 7.91. The number of hydrogen-bond donors (Lipinski definition) is 0. The molecule has 0 aliphatic carbocycles. The van der Waals surface area contributed by atoms with Gasteiger partial charge in [0.25, 0.3) is 0 Å². The molecule has 4 rings (SSSR count). The number of aryl methyl sites for hydroxylation is 3. The second-order valence-electron chi connectivity index (χ2n) is 8.63. The summed E-state index contributed by atoms with van der Waals surface area (Å²) in [6.07, 6.45) is 0.384. The summed E-state index contributed by atoms with van der Waals surface area (Å²) in [5, 5.41) is 0.638. The lowest BCUT2D eigenvalue weighted by Gasteiger charge is -2.20. The highest BCUT2D eigenvalue weighted by Gasteiger charge is 2.22. The Morgan fingerprint density at radius 1 is 0.941 bits per heavy atom. The summed E-state index contributed by atoms with van der Waals surface area (Å²) in [7, 11) is -3.44. The fraction of sp³-hybridized carbons (Fsp3) is 0.259. The Hall–Kier alpha value is -3.03. The van der Waals surface area contributed by atoms with Crippen molar-refractivity contribution >= 4 is 42.4 Å². The van der Waals surface area contributed by atoms with Crippen LogP contribution in [0.25, 0.3) is 10.2 Å². The number of carbonyl (C=O) groups excluding carboxylic acids is 1. The Kier molecular flexibility index (Phi) is 7.14. The fourth-order valence-corrected chi connectivity index (χ4v) is 6.26. The minimum Gasteiger partial charge on any atom is -0.284 e. The molecule has 0 radical (unpaired) electrons. The third-order valence-corrected chi connectivity index (χ3v) is 8.75. The van der Waals surface area contributed by atoms with Gasteiger partial charge in [-0.25, -0.2) is 13.4 Å². The largest absolute Gasteiger partial charge is 0.284 e. The van der Waals surface area contributed by atoms with Gasteiger partial charge in [-0.05, 0) is 62.1 Å². The van der Waals surface area contributed by atoms with Gasteiger partial charge in [0.05, 0.1) is 27.4 Å². The van der Waals surface area contributed by atoms with Crippen molar-refractivity contribution in [2.24, 2.45) is 0 Å². The van der Waals surface area contributed by atoms with Crippen LogP contribution < -0.4 is 4.90 Å². The number of sulfone groups is 1. The lowest BCUT2D eigenvalue weighted by molar-refractivity contribution is -0.118. The molecule has 0 atom stereocenters. The normalized spacial score (nSPS) is 11.6. The number of hydrogen-bond acceptors (Lipinski definition) is 5. The molecular weight excluding hydrogens is 464 g/mol. The van der Waals surface area contributed by atoms with Crippen molar-refractivity contribution < 1.29 is 13.2 Å². The number of thiazole rings is 1.